The van der Waals surface area contributed by atoms with Crippen LogP contribution in [-0.4, -0.2) is 43.3 Å². The third kappa shape index (κ3) is 3.47. The highest BCUT2D eigenvalue weighted by molar-refractivity contribution is 8.26. The number of aliphatic carboxylic acids is 2. The van der Waals surface area contributed by atoms with Crippen LogP contribution < -0.4 is 0 Å². The Labute approximate surface area is 158 Å². The summed E-state index contributed by atoms with van der Waals surface area (Å²) >= 11 is 6.10. The van der Waals surface area contributed by atoms with E-state index in [4.69, 9.17) is 17.3 Å². The molecule has 2 aromatic rings. The van der Waals surface area contributed by atoms with E-state index in [-0.39, 0.29) is 9.23 Å². The molecule has 0 aliphatic carbocycles. The average Bonchev–Trinajstić information content (AvgIpc) is 2.86. The maximum Gasteiger partial charge on any atom is 0.327 e. The Morgan fingerprint density at radius 3 is 2.54 bits per heavy atom. The molecule has 6 nitrogen and oxygen atoms in total. The zero-order chi connectivity index (χ0) is 18.8. The van der Waals surface area contributed by atoms with Gasteiger partial charge in [0, 0.05) is 0 Å². The van der Waals surface area contributed by atoms with E-state index in [0.29, 0.717) is 0 Å². The van der Waals surface area contributed by atoms with Crippen LogP contribution in [0.5, 0.6) is 0 Å². The van der Waals surface area contributed by atoms with Gasteiger partial charge in [0.2, 0.25) is 0 Å². The zero-order valence-corrected chi connectivity index (χ0v) is 14.9. The average molecular weight is 387 g/mol. The van der Waals surface area contributed by atoms with Crippen LogP contribution in [0.4, 0.5) is 0 Å². The molecular weight excluding hydrogens is 374 g/mol. The fraction of sp³-hybridized carbons (Fsp3) is 0.111. The normalized spacial score (nSPS) is 17.1. The van der Waals surface area contributed by atoms with Gasteiger partial charge >= 0.3 is 11.9 Å². The molecule has 1 amide bonds. The first kappa shape index (κ1) is 18.1. The smallest absolute Gasteiger partial charge is 0.327 e. The lowest BCUT2D eigenvalue weighted by Gasteiger charge is -2.21. The zero-order valence-electron chi connectivity index (χ0n) is 13.3. The number of thioether (sulfide) groups is 1. The minimum atomic E-state index is -1.53. The third-order valence-electron chi connectivity index (χ3n) is 3.90. The number of carbonyl (C=O) groups excluding carboxylic acids is 1. The fourth-order valence-electron chi connectivity index (χ4n) is 2.72. The Kier molecular flexibility index (Phi) is 5.06. The van der Waals surface area contributed by atoms with Crippen LogP contribution >= 0.6 is 24.0 Å². The van der Waals surface area contributed by atoms with Crippen LogP contribution in [0, 0.1) is 0 Å². The second-order valence-corrected chi connectivity index (χ2v) is 7.25. The van der Waals surface area contributed by atoms with Crippen LogP contribution in [0.2, 0.25) is 0 Å². The number of carboxylic acid groups (broad SMARTS) is 2. The highest BCUT2D eigenvalue weighted by atomic mass is 32.2. The SMILES string of the molecule is O=C(O)CC(C(=O)O)N1C(=O)/C(=C/c2cccc3ccccc23)SC1=S. The van der Waals surface area contributed by atoms with Gasteiger partial charge in [0.25, 0.3) is 5.91 Å². The van der Waals surface area contributed by atoms with Crippen LogP contribution in [-0.2, 0) is 14.4 Å². The van der Waals surface area contributed by atoms with Crippen LogP contribution in [0.1, 0.15) is 12.0 Å². The summed E-state index contributed by atoms with van der Waals surface area (Å²) in [5.74, 6) is -3.32. The van der Waals surface area contributed by atoms with Crippen molar-refractivity contribution in [1.82, 2.24) is 4.90 Å². The molecule has 0 bridgehead atoms. The van der Waals surface area contributed by atoms with Gasteiger partial charge in [-0.1, -0.05) is 66.4 Å². The standard InChI is InChI=1S/C18H13NO5S2/c20-15(21)9-13(17(23)24)19-16(22)14(26-18(19)25)8-11-6-3-5-10-4-1-2-7-12(10)11/h1-8,13H,9H2,(H,20,21)(H,23,24)/b14-8-. The molecule has 1 heterocycles. The maximum absolute atomic E-state index is 12.7. The van der Waals surface area contributed by atoms with Crippen molar-refractivity contribution < 1.29 is 24.6 Å². The Bertz CT molecular complexity index is 964. The van der Waals surface area contributed by atoms with Gasteiger partial charge in [0.1, 0.15) is 10.4 Å². The number of benzene rings is 2. The summed E-state index contributed by atoms with van der Waals surface area (Å²) in [7, 11) is 0. The Morgan fingerprint density at radius 1 is 1.15 bits per heavy atom. The van der Waals surface area contributed by atoms with Gasteiger partial charge < -0.3 is 10.2 Å². The molecule has 26 heavy (non-hydrogen) atoms. The minimum absolute atomic E-state index is 0.0372. The monoisotopic (exact) mass is 387 g/mol. The molecule has 8 heteroatoms. The molecule has 0 radical (unpaired) electrons. The van der Waals surface area contributed by atoms with Gasteiger partial charge in [-0.05, 0) is 22.4 Å². The summed E-state index contributed by atoms with van der Waals surface area (Å²) in [5, 5.41) is 20.2. The highest BCUT2D eigenvalue weighted by Crippen LogP contribution is 2.35. The number of rotatable bonds is 5. The summed E-state index contributed by atoms with van der Waals surface area (Å²) in [6, 6.07) is 11.8. The highest BCUT2D eigenvalue weighted by Gasteiger charge is 2.41. The van der Waals surface area contributed by atoms with Crippen LogP contribution in [0.25, 0.3) is 16.8 Å². The second-order valence-electron chi connectivity index (χ2n) is 5.57. The number of amides is 1. The van der Waals surface area contributed by atoms with Crippen molar-refractivity contribution in [2.45, 2.75) is 12.5 Å². The predicted molar refractivity (Wildman–Crippen MR) is 103 cm³/mol. The topological polar surface area (TPSA) is 94.9 Å². The first-order valence-electron chi connectivity index (χ1n) is 7.58. The van der Waals surface area contributed by atoms with E-state index in [0.717, 1.165) is 33.0 Å². The molecular formula is C18H13NO5S2. The summed E-state index contributed by atoms with van der Waals surface area (Å²) in [4.78, 5) is 36.2. The lowest BCUT2D eigenvalue weighted by atomic mass is 10.0. The van der Waals surface area contributed by atoms with Gasteiger partial charge in [0.15, 0.2) is 0 Å². The molecule has 1 unspecified atom stereocenters. The lowest BCUT2D eigenvalue weighted by molar-refractivity contribution is -0.150. The van der Waals surface area contributed by atoms with E-state index in [1.54, 1.807) is 6.08 Å². The molecule has 1 saturated heterocycles. The van der Waals surface area contributed by atoms with Crippen molar-refractivity contribution in [2.75, 3.05) is 0 Å². The van der Waals surface area contributed by atoms with Crippen molar-refractivity contribution >= 4 is 63.0 Å². The molecule has 1 fully saturated rings. The van der Waals surface area contributed by atoms with Crippen LogP contribution in [0.3, 0.4) is 0 Å². The van der Waals surface area contributed by atoms with E-state index < -0.39 is 30.3 Å². The largest absolute Gasteiger partial charge is 0.481 e. The fourth-order valence-corrected chi connectivity index (χ4v) is 4.07. The number of carboxylic acids is 2. The number of thiocarbonyl (C=S) groups is 1. The van der Waals surface area contributed by atoms with Gasteiger partial charge in [-0.2, -0.15) is 0 Å². The molecule has 3 rings (SSSR count). The minimum Gasteiger partial charge on any atom is -0.481 e. The van der Waals surface area contributed by atoms with E-state index >= 15 is 0 Å². The van der Waals surface area contributed by atoms with Gasteiger partial charge in [-0.25, -0.2) is 4.79 Å². The van der Waals surface area contributed by atoms with Crippen molar-refractivity contribution in [3.8, 4) is 0 Å². The third-order valence-corrected chi connectivity index (χ3v) is 5.23. The first-order chi connectivity index (χ1) is 12.4. The van der Waals surface area contributed by atoms with Gasteiger partial charge in [-0.3, -0.25) is 14.5 Å². The van der Waals surface area contributed by atoms with Crippen molar-refractivity contribution in [1.29, 1.82) is 0 Å². The predicted octanol–water partition coefficient (Wildman–Crippen LogP) is 2.97. The number of nitrogens with zero attached hydrogens (tertiary/aromatic N) is 1. The molecule has 0 spiro atoms. The van der Waals surface area contributed by atoms with Crippen molar-refractivity contribution in [3.63, 3.8) is 0 Å². The first-order valence-corrected chi connectivity index (χ1v) is 8.80. The quantitative estimate of drug-likeness (QED) is 0.601. The molecule has 132 valence electrons. The number of carbonyl (C=O) groups is 3. The van der Waals surface area contributed by atoms with Crippen LogP contribution in [0.15, 0.2) is 47.4 Å². The number of hydrogen-bond acceptors (Lipinski definition) is 5. The Balaban J connectivity index is 1.99. The van der Waals surface area contributed by atoms with Gasteiger partial charge in [-0.15, -0.1) is 0 Å². The van der Waals surface area contributed by atoms with E-state index in [1.165, 1.54) is 0 Å². The molecule has 2 N–H and O–H groups in total. The summed E-state index contributed by atoms with van der Waals surface area (Å²) < 4.78 is 0.0372. The Hall–Kier alpha value is -2.71. The van der Waals surface area contributed by atoms with Gasteiger partial charge in [0.05, 0.1) is 11.3 Å². The van der Waals surface area contributed by atoms with E-state index in [9.17, 15) is 19.5 Å². The molecule has 1 atom stereocenters. The molecule has 0 saturated carbocycles. The summed E-state index contributed by atoms with van der Waals surface area (Å²) in [6.45, 7) is 0. The van der Waals surface area contributed by atoms with E-state index in [1.807, 2.05) is 42.5 Å². The molecule has 2 aromatic carbocycles. The maximum atomic E-state index is 12.7. The summed E-state index contributed by atoms with van der Waals surface area (Å²) in [6.07, 6.45) is 0.935. The molecule has 0 aromatic heterocycles. The summed E-state index contributed by atoms with van der Waals surface area (Å²) in [5.41, 5.74) is 0.800. The van der Waals surface area contributed by atoms with Crippen molar-refractivity contribution in [3.05, 3.63) is 52.9 Å². The Morgan fingerprint density at radius 2 is 1.85 bits per heavy atom. The van der Waals surface area contributed by atoms with Crippen molar-refractivity contribution in [2.24, 2.45) is 0 Å². The molecule has 1 aliphatic heterocycles. The second kappa shape index (κ2) is 7.27. The number of fused-ring (bicyclic) bond motifs is 1. The number of hydrogen-bond donors (Lipinski definition) is 2. The van der Waals surface area contributed by atoms with E-state index in [2.05, 4.69) is 0 Å². The lowest BCUT2D eigenvalue weighted by Crippen LogP contribution is -2.45. The molecule has 1 aliphatic rings.